The summed E-state index contributed by atoms with van der Waals surface area (Å²) in [6.45, 7) is 3.26. The summed E-state index contributed by atoms with van der Waals surface area (Å²) in [6, 6.07) is 8.65. The number of nitrogens with zero attached hydrogens (tertiary/aromatic N) is 4. The molecule has 2 bridgehead atoms. The largest absolute Gasteiger partial charge is 0.490 e. The van der Waals surface area contributed by atoms with E-state index in [1.165, 1.54) is 32.4 Å². The van der Waals surface area contributed by atoms with Crippen LogP contribution in [0.3, 0.4) is 0 Å². The van der Waals surface area contributed by atoms with Crippen molar-refractivity contribution in [3.8, 4) is 11.4 Å². The molecule has 5 nitrogen and oxygen atoms in total. The molecular formula is C16H20N4O. The van der Waals surface area contributed by atoms with Crippen molar-refractivity contribution in [1.29, 1.82) is 0 Å². The van der Waals surface area contributed by atoms with Gasteiger partial charge in [-0.3, -0.25) is 9.47 Å². The average Bonchev–Trinajstić information content (AvgIpc) is 3.09. The maximum Gasteiger partial charge on any atom is 0.143 e. The minimum Gasteiger partial charge on any atom is -0.490 e. The lowest BCUT2D eigenvalue weighted by atomic mass is 9.83. The fraction of sp³-hybridized carbons (Fsp3) is 0.500. The standard InChI is InChI=1S/C16H20N4O/c1-2-4-16(15(3-1)20-11-17-18-12-20)21-10-14-9-13-5-7-19(14)8-6-13/h1-4,11-14H,5-10H2. The van der Waals surface area contributed by atoms with E-state index < -0.39 is 0 Å². The number of benzene rings is 1. The minimum absolute atomic E-state index is 0.575. The second-order valence-electron chi connectivity index (χ2n) is 6.02. The van der Waals surface area contributed by atoms with E-state index in [-0.39, 0.29) is 0 Å². The van der Waals surface area contributed by atoms with Gasteiger partial charge in [0.25, 0.3) is 0 Å². The van der Waals surface area contributed by atoms with Crippen LogP contribution in [-0.2, 0) is 0 Å². The van der Waals surface area contributed by atoms with E-state index in [0.717, 1.165) is 24.0 Å². The summed E-state index contributed by atoms with van der Waals surface area (Å²) in [5.74, 6) is 1.82. The maximum atomic E-state index is 6.14. The Kier molecular flexibility index (Phi) is 3.35. The third-order valence-corrected chi connectivity index (χ3v) is 4.76. The van der Waals surface area contributed by atoms with Crippen molar-refractivity contribution in [3.63, 3.8) is 0 Å². The molecule has 1 aromatic carbocycles. The Morgan fingerprint density at radius 2 is 1.86 bits per heavy atom. The smallest absolute Gasteiger partial charge is 0.143 e. The average molecular weight is 284 g/mol. The number of hydrogen-bond donors (Lipinski definition) is 0. The normalized spacial score (nSPS) is 27.7. The van der Waals surface area contributed by atoms with Crippen molar-refractivity contribution in [3.05, 3.63) is 36.9 Å². The number of piperidine rings is 3. The van der Waals surface area contributed by atoms with E-state index in [0.29, 0.717) is 6.04 Å². The zero-order chi connectivity index (χ0) is 14.1. The molecule has 5 rings (SSSR count). The summed E-state index contributed by atoms with van der Waals surface area (Å²) in [5.41, 5.74) is 0.999. The summed E-state index contributed by atoms with van der Waals surface area (Å²) in [7, 11) is 0. The highest BCUT2D eigenvalue weighted by Crippen LogP contribution is 2.32. The molecule has 2 aromatic rings. The predicted molar refractivity (Wildman–Crippen MR) is 79.6 cm³/mol. The molecule has 110 valence electrons. The van der Waals surface area contributed by atoms with E-state index >= 15 is 0 Å². The predicted octanol–water partition coefficient (Wildman–Crippen LogP) is 2.13. The Hall–Kier alpha value is -1.88. The van der Waals surface area contributed by atoms with Crippen molar-refractivity contribution >= 4 is 0 Å². The lowest BCUT2D eigenvalue weighted by Gasteiger charge is -2.45. The van der Waals surface area contributed by atoms with Gasteiger partial charge >= 0.3 is 0 Å². The summed E-state index contributed by atoms with van der Waals surface area (Å²) in [6.07, 6.45) is 7.43. The Balaban J connectivity index is 1.48. The Bertz CT molecular complexity index is 590. The van der Waals surface area contributed by atoms with Crippen LogP contribution in [0.4, 0.5) is 0 Å². The van der Waals surface area contributed by atoms with Crippen LogP contribution < -0.4 is 4.74 Å². The van der Waals surface area contributed by atoms with E-state index in [2.05, 4.69) is 15.1 Å². The van der Waals surface area contributed by atoms with Crippen molar-refractivity contribution in [2.24, 2.45) is 5.92 Å². The molecule has 3 fully saturated rings. The molecule has 1 unspecified atom stereocenters. The van der Waals surface area contributed by atoms with Gasteiger partial charge in [-0.1, -0.05) is 12.1 Å². The topological polar surface area (TPSA) is 43.2 Å². The van der Waals surface area contributed by atoms with Crippen molar-refractivity contribution < 1.29 is 4.74 Å². The van der Waals surface area contributed by atoms with Crippen LogP contribution in [0.25, 0.3) is 5.69 Å². The molecule has 3 aliphatic rings. The fourth-order valence-corrected chi connectivity index (χ4v) is 3.56. The molecule has 3 aliphatic heterocycles. The Labute approximate surface area is 124 Å². The molecule has 0 aliphatic carbocycles. The molecule has 0 N–H and O–H groups in total. The first-order valence-corrected chi connectivity index (χ1v) is 7.71. The fourth-order valence-electron chi connectivity index (χ4n) is 3.56. The van der Waals surface area contributed by atoms with Crippen LogP contribution >= 0.6 is 0 Å². The molecule has 0 saturated carbocycles. The van der Waals surface area contributed by atoms with Gasteiger partial charge < -0.3 is 4.74 Å². The van der Waals surface area contributed by atoms with Crippen LogP contribution in [0.15, 0.2) is 36.9 Å². The monoisotopic (exact) mass is 284 g/mol. The third kappa shape index (κ3) is 2.53. The van der Waals surface area contributed by atoms with Gasteiger partial charge in [-0.15, -0.1) is 10.2 Å². The van der Waals surface area contributed by atoms with E-state index in [1.54, 1.807) is 12.7 Å². The van der Waals surface area contributed by atoms with E-state index in [4.69, 9.17) is 4.74 Å². The third-order valence-electron chi connectivity index (χ3n) is 4.76. The number of rotatable bonds is 4. The highest BCUT2D eigenvalue weighted by Gasteiger charge is 2.33. The molecule has 0 radical (unpaired) electrons. The van der Waals surface area contributed by atoms with Crippen LogP contribution in [0.5, 0.6) is 5.75 Å². The van der Waals surface area contributed by atoms with Gasteiger partial charge in [0.1, 0.15) is 25.0 Å². The van der Waals surface area contributed by atoms with Gasteiger partial charge in [-0.05, 0) is 50.4 Å². The van der Waals surface area contributed by atoms with Gasteiger partial charge in [0.15, 0.2) is 0 Å². The molecule has 21 heavy (non-hydrogen) atoms. The van der Waals surface area contributed by atoms with Crippen LogP contribution in [-0.4, -0.2) is 45.4 Å². The minimum atomic E-state index is 0.575. The second-order valence-corrected chi connectivity index (χ2v) is 6.02. The number of aromatic nitrogens is 3. The lowest BCUT2D eigenvalue weighted by Crippen LogP contribution is -2.51. The first-order valence-electron chi connectivity index (χ1n) is 7.71. The number of para-hydroxylation sites is 2. The van der Waals surface area contributed by atoms with Crippen LogP contribution in [0, 0.1) is 5.92 Å². The van der Waals surface area contributed by atoms with Gasteiger partial charge in [-0.25, -0.2) is 0 Å². The van der Waals surface area contributed by atoms with Crippen molar-refractivity contribution in [2.75, 3.05) is 19.7 Å². The summed E-state index contributed by atoms with van der Waals surface area (Å²) < 4.78 is 8.03. The Morgan fingerprint density at radius 1 is 1.10 bits per heavy atom. The SMILES string of the molecule is c1ccc(-n2cnnc2)c(OCC2CC3CCN2CC3)c1. The lowest BCUT2D eigenvalue weighted by molar-refractivity contribution is 0.0238. The van der Waals surface area contributed by atoms with Gasteiger partial charge in [0.2, 0.25) is 0 Å². The molecule has 4 heterocycles. The number of hydrogen-bond acceptors (Lipinski definition) is 4. The molecular weight excluding hydrogens is 264 g/mol. The van der Waals surface area contributed by atoms with E-state index in [1.807, 2.05) is 28.8 Å². The molecule has 0 spiro atoms. The summed E-state index contributed by atoms with van der Waals surface area (Å²) >= 11 is 0. The first kappa shape index (κ1) is 12.8. The molecule has 3 saturated heterocycles. The maximum absolute atomic E-state index is 6.14. The van der Waals surface area contributed by atoms with Gasteiger partial charge in [0.05, 0.1) is 5.69 Å². The summed E-state index contributed by atoms with van der Waals surface area (Å²) in [4.78, 5) is 2.58. The zero-order valence-electron chi connectivity index (χ0n) is 12.1. The zero-order valence-corrected chi connectivity index (χ0v) is 12.1. The van der Waals surface area contributed by atoms with Crippen LogP contribution in [0.1, 0.15) is 19.3 Å². The van der Waals surface area contributed by atoms with Gasteiger partial charge in [0, 0.05) is 6.04 Å². The van der Waals surface area contributed by atoms with E-state index in [9.17, 15) is 0 Å². The van der Waals surface area contributed by atoms with Crippen LogP contribution in [0.2, 0.25) is 0 Å². The van der Waals surface area contributed by atoms with Crippen molar-refractivity contribution in [1.82, 2.24) is 19.7 Å². The second kappa shape index (κ2) is 5.48. The molecule has 5 heteroatoms. The molecule has 0 amide bonds. The number of ether oxygens (including phenoxy) is 1. The number of fused-ring (bicyclic) bond motifs is 3. The highest BCUT2D eigenvalue weighted by atomic mass is 16.5. The Morgan fingerprint density at radius 3 is 2.57 bits per heavy atom. The quantitative estimate of drug-likeness (QED) is 0.862. The summed E-state index contributed by atoms with van der Waals surface area (Å²) in [5, 5.41) is 7.74. The first-order chi connectivity index (χ1) is 10.4. The molecule has 1 aromatic heterocycles. The van der Waals surface area contributed by atoms with Crippen molar-refractivity contribution in [2.45, 2.75) is 25.3 Å². The highest BCUT2D eigenvalue weighted by molar-refractivity contribution is 5.46. The molecule has 1 atom stereocenters. The van der Waals surface area contributed by atoms with Gasteiger partial charge in [-0.2, -0.15) is 0 Å².